The Kier molecular flexibility index (Phi) is 8.26. The molecule has 0 aliphatic rings. The summed E-state index contributed by atoms with van der Waals surface area (Å²) in [5.74, 6) is 0.955. The molecule has 0 rings (SSSR count). The van der Waals surface area contributed by atoms with Crippen LogP contribution in [0.2, 0.25) is 0 Å². The fourth-order valence-electron chi connectivity index (χ4n) is 1.78. The van der Waals surface area contributed by atoms with Crippen LogP contribution < -0.4 is 0 Å². The second kappa shape index (κ2) is 8.57. The molecule has 0 N–H and O–H groups in total. The Labute approximate surface area is 100 Å². The fraction of sp³-hybridized carbons (Fsp3) is 0.923. The van der Waals surface area contributed by atoms with Crippen LogP contribution in [0, 0.1) is 11.8 Å². The molecule has 0 aromatic rings. The van der Waals surface area contributed by atoms with Crippen LogP contribution in [0.3, 0.4) is 0 Å². The van der Waals surface area contributed by atoms with Gasteiger partial charge in [-0.1, -0.05) is 33.6 Å². The number of amides is 1. The third-order valence-electron chi connectivity index (χ3n) is 3.28. The zero-order chi connectivity index (χ0) is 12.6. The number of hydrogen-bond acceptors (Lipinski definition) is 2. The SMILES string of the molecule is CCCC(CCC(C)CC)C(=O)N(C)OC. The molecule has 0 aromatic carbocycles. The number of carbonyl (C=O) groups is 1. The molecule has 0 fully saturated rings. The zero-order valence-electron chi connectivity index (χ0n) is 11.5. The molecule has 3 nitrogen and oxygen atoms in total. The van der Waals surface area contributed by atoms with Gasteiger partial charge in [0.05, 0.1) is 7.11 Å². The van der Waals surface area contributed by atoms with Crippen LogP contribution >= 0.6 is 0 Å². The maximum atomic E-state index is 12.0. The van der Waals surface area contributed by atoms with Crippen LogP contribution in [0.4, 0.5) is 0 Å². The lowest BCUT2D eigenvalue weighted by molar-refractivity contribution is -0.174. The van der Waals surface area contributed by atoms with E-state index in [0.29, 0.717) is 5.92 Å². The number of hydrogen-bond donors (Lipinski definition) is 0. The summed E-state index contributed by atoms with van der Waals surface area (Å²) in [6.45, 7) is 6.56. The Hall–Kier alpha value is -0.570. The summed E-state index contributed by atoms with van der Waals surface area (Å²) in [5.41, 5.74) is 0. The summed E-state index contributed by atoms with van der Waals surface area (Å²) < 4.78 is 0. The topological polar surface area (TPSA) is 29.5 Å². The summed E-state index contributed by atoms with van der Waals surface area (Å²) in [6.07, 6.45) is 5.31. The van der Waals surface area contributed by atoms with Gasteiger partial charge in [0.2, 0.25) is 5.91 Å². The normalized spacial score (nSPS) is 14.6. The van der Waals surface area contributed by atoms with Gasteiger partial charge in [0.25, 0.3) is 0 Å². The van der Waals surface area contributed by atoms with Gasteiger partial charge in [-0.2, -0.15) is 0 Å². The van der Waals surface area contributed by atoms with E-state index in [1.807, 2.05) is 0 Å². The van der Waals surface area contributed by atoms with Crippen molar-refractivity contribution in [2.24, 2.45) is 11.8 Å². The molecule has 3 heteroatoms. The Morgan fingerprint density at radius 2 is 1.88 bits per heavy atom. The molecule has 0 aromatic heterocycles. The van der Waals surface area contributed by atoms with Crippen molar-refractivity contribution in [2.75, 3.05) is 14.2 Å². The molecule has 2 atom stereocenters. The van der Waals surface area contributed by atoms with E-state index in [9.17, 15) is 4.79 Å². The van der Waals surface area contributed by atoms with E-state index >= 15 is 0 Å². The van der Waals surface area contributed by atoms with Crippen molar-refractivity contribution < 1.29 is 9.63 Å². The lowest BCUT2D eigenvalue weighted by Crippen LogP contribution is -2.32. The highest BCUT2D eigenvalue weighted by Crippen LogP contribution is 2.20. The summed E-state index contributed by atoms with van der Waals surface area (Å²) in [5, 5.41) is 1.36. The molecule has 0 saturated heterocycles. The van der Waals surface area contributed by atoms with Crippen LogP contribution in [-0.4, -0.2) is 25.1 Å². The number of hydroxylamine groups is 2. The minimum absolute atomic E-state index is 0.118. The molecule has 16 heavy (non-hydrogen) atoms. The van der Waals surface area contributed by atoms with Gasteiger partial charge >= 0.3 is 0 Å². The number of nitrogens with zero attached hydrogens (tertiary/aromatic N) is 1. The van der Waals surface area contributed by atoms with Crippen molar-refractivity contribution in [2.45, 2.75) is 52.9 Å². The average molecular weight is 229 g/mol. The predicted octanol–water partition coefficient (Wildman–Crippen LogP) is 3.25. The first-order valence-corrected chi connectivity index (χ1v) is 6.38. The molecule has 1 amide bonds. The first-order valence-electron chi connectivity index (χ1n) is 6.38. The summed E-state index contributed by atoms with van der Waals surface area (Å²) in [4.78, 5) is 16.9. The fourth-order valence-corrected chi connectivity index (χ4v) is 1.78. The molecular formula is C13H27NO2. The molecule has 0 saturated carbocycles. The summed E-state index contributed by atoms with van der Waals surface area (Å²) in [7, 11) is 3.23. The molecule has 0 radical (unpaired) electrons. The molecule has 0 spiro atoms. The highest BCUT2D eigenvalue weighted by molar-refractivity contribution is 5.77. The number of rotatable bonds is 8. The molecule has 96 valence electrons. The summed E-state index contributed by atoms with van der Waals surface area (Å²) >= 11 is 0. The van der Waals surface area contributed by atoms with Gasteiger partial charge in [0.1, 0.15) is 0 Å². The van der Waals surface area contributed by atoms with E-state index < -0.39 is 0 Å². The van der Waals surface area contributed by atoms with Crippen molar-refractivity contribution in [3.05, 3.63) is 0 Å². The molecule has 0 heterocycles. The minimum Gasteiger partial charge on any atom is -0.275 e. The van der Waals surface area contributed by atoms with Gasteiger partial charge in [-0.05, 0) is 25.2 Å². The first-order chi connectivity index (χ1) is 7.56. The van der Waals surface area contributed by atoms with Crippen molar-refractivity contribution >= 4 is 5.91 Å². The molecule has 0 bridgehead atoms. The van der Waals surface area contributed by atoms with Gasteiger partial charge in [-0.3, -0.25) is 9.63 Å². The van der Waals surface area contributed by atoms with E-state index in [4.69, 9.17) is 4.84 Å². The van der Waals surface area contributed by atoms with Gasteiger partial charge in [-0.25, -0.2) is 5.06 Å². The highest BCUT2D eigenvalue weighted by atomic mass is 16.7. The lowest BCUT2D eigenvalue weighted by Gasteiger charge is -2.22. The monoisotopic (exact) mass is 229 g/mol. The van der Waals surface area contributed by atoms with Crippen LogP contribution in [0.5, 0.6) is 0 Å². The van der Waals surface area contributed by atoms with Gasteiger partial charge in [-0.15, -0.1) is 0 Å². The van der Waals surface area contributed by atoms with Crippen molar-refractivity contribution in [3.8, 4) is 0 Å². The van der Waals surface area contributed by atoms with E-state index in [1.165, 1.54) is 18.6 Å². The zero-order valence-corrected chi connectivity index (χ0v) is 11.5. The van der Waals surface area contributed by atoms with Gasteiger partial charge < -0.3 is 0 Å². The summed E-state index contributed by atoms with van der Waals surface area (Å²) in [6, 6.07) is 0. The smallest absolute Gasteiger partial charge is 0.248 e. The van der Waals surface area contributed by atoms with Crippen LogP contribution in [-0.2, 0) is 9.63 Å². The second-order valence-corrected chi connectivity index (χ2v) is 4.59. The van der Waals surface area contributed by atoms with Gasteiger partial charge in [0.15, 0.2) is 0 Å². The maximum Gasteiger partial charge on any atom is 0.248 e. The van der Waals surface area contributed by atoms with E-state index in [2.05, 4.69) is 20.8 Å². The Balaban J connectivity index is 4.20. The molecule has 0 aliphatic heterocycles. The van der Waals surface area contributed by atoms with Crippen molar-refractivity contribution in [1.29, 1.82) is 0 Å². The minimum atomic E-state index is 0.118. The Morgan fingerprint density at radius 1 is 1.25 bits per heavy atom. The second-order valence-electron chi connectivity index (χ2n) is 4.59. The Bertz CT molecular complexity index is 194. The number of carbonyl (C=O) groups excluding carboxylic acids is 1. The third kappa shape index (κ3) is 5.50. The Morgan fingerprint density at radius 3 is 2.31 bits per heavy atom. The largest absolute Gasteiger partial charge is 0.275 e. The van der Waals surface area contributed by atoms with Crippen molar-refractivity contribution in [3.63, 3.8) is 0 Å². The lowest BCUT2D eigenvalue weighted by atomic mass is 9.91. The van der Waals surface area contributed by atoms with E-state index in [-0.39, 0.29) is 11.8 Å². The highest BCUT2D eigenvalue weighted by Gasteiger charge is 2.21. The quantitative estimate of drug-likeness (QED) is 0.598. The van der Waals surface area contributed by atoms with E-state index in [0.717, 1.165) is 25.7 Å². The standard InChI is InChI=1S/C13H27NO2/c1-6-8-12(10-9-11(3)7-2)13(15)14(4)16-5/h11-12H,6-10H2,1-5H3. The maximum absolute atomic E-state index is 12.0. The average Bonchev–Trinajstić information content (AvgIpc) is 2.31. The predicted molar refractivity (Wildman–Crippen MR) is 66.9 cm³/mol. The molecule has 0 aliphatic carbocycles. The third-order valence-corrected chi connectivity index (χ3v) is 3.28. The van der Waals surface area contributed by atoms with Crippen LogP contribution in [0.1, 0.15) is 52.9 Å². The van der Waals surface area contributed by atoms with Gasteiger partial charge in [0, 0.05) is 13.0 Å². The molecule has 2 unspecified atom stereocenters. The first kappa shape index (κ1) is 15.4. The van der Waals surface area contributed by atoms with Crippen molar-refractivity contribution in [1.82, 2.24) is 5.06 Å². The molecular weight excluding hydrogens is 202 g/mol. The van der Waals surface area contributed by atoms with E-state index in [1.54, 1.807) is 7.05 Å². The van der Waals surface area contributed by atoms with Crippen LogP contribution in [0.25, 0.3) is 0 Å². The van der Waals surface area contributed by atoms with Crippen LogP contribution in [0.15, 0.2) is 0 Å².